The zero-order chi connectivity index (χ0) is 18.7. The molecule has 1 aromatic carbocycles. The summed E-state index contributed by atoms with van der Waals surface area (Å²) in [5, 5.41) is 5.36. The lowest BCUT2D eigenvalue weighted by molar-refractivity contribution is -0.120. The lowest BCUT2D eigenvalue weighted by Crippen LogP contribution is -2.42. The molecule has 0 saturated heterocycles. The van der Waals surface area contributed by atoms with Crippen LogP contribution in [-0.2, 0) is 4.79 Å². The van der Waals surface area contributed by atoms with Gasteiger partial charge in [-0.1, -0.05) is 55.9 Å². The van der Waals surface area contributed by atoms with Crippen LogP contribution in [0, 0.1) is 5.92 Å². The van der Waals surface area contributed by atoms with E-state index in [-0.39, 0.29) is 5.92 Å². The molecular weight excluding hydrogens is 368 g/mol. The van der Waals surface area contributed by atoms with Crippen molar-refractivity contribution in [1.29, 1.82) is 0 Å². The molecule has 2 aromatic heterocycles. The Bertz CT molecular complexity index is 941. The number of nitrogens with two attached hydrogens (primary N) is 1. The molecule has 0 aliphatic heterocycles. The van der Waals surface area contributed by atoms with Gasteiger partial charge in [-0.05, 0) is 11.5 Å². The van der Waals surface area contributed by atoms with Gasteiger partial charge in [0.15, 0.2) is 0 Å². The number of primary amides is 1. The smallest absolute Gasteiger partial charge is 0.318 e. The Hall–Kier alpha value is -2.45. The zero-order valence-corrected chi connectivity index (χ0v) is 15.9. The van der Waals surface area contributed by atoms with Crippen LogP contribution in [0.25, 0.3) is 21.3 Å². The fourth-order valence-electron chi connectivity index (χ4n) is 2.57. The number of thioether (sulfide) groups is 1. The Morgan fingerprint density at radius 2 is 1.92 bits per heavy atom. The minimum absolute atomic E-state index is 0.0109. The van der Waals surface area contributed by atoms with Gasteiger partial charge in [-0.25, -0.2) is 14.8 Å². The molecule has 2 heterocycles. The molecule has 3 N–H and O–H groups in total. The summed E-state index contributed by atoms with van der Waals surface area (Å²) in [6.07, 6.45) is 1.50. The number of urea groups is 1. The lowest BCUT2D eigenvalue weighted by Gasteiger charge is -2.18. The fourth-order valence-corrected chi connectivity index (χ4v) is 4.66. The highest BCUT2D eigenvalue weighted by Gasteiger charge is 2.27. The van der Waals surface area contributed by atoms with Gasteiger partial charge in [0.25, 0.3) is 0 Å². The summed E-state index contributed by atoms with van der Waals surface area (Å²) in [5.41, 5.74) is 7.20. The standard InChI is InChI=1S/C18H18N4O2S2/c1-10(2)14(15(23)22-18(19)24)26-17-13-12(11-6-4-3-5-7-11)8-25-16(13)20-9-21-17/h3-10,14H,1-2H3,(H3,19,22,23,24). The maximum absolute atomic E-state index is 12.4. The van der Waals surface area contributed by atoms with Crippen molar-refractivity contribution in [2.75, 3.05) is 0 Å². The third kappa shape index (κ3) is 3.86. The number of rotatable bonds is 5. The number of nitrogens with one attached hydrogen (secondary N) is 1. The number of carbonyl (C=O) groups is 2. The first-order chi connectivity index (χ1) is 12.5. The van der Waals surface area contributed by atoms with Crippen LogP contribution >= 0.6 is 23.1 Å². The van der Waals surface area contributed by atoms with E-state index in [4.69, 9.17) is 5.73 Å². The van der Waals surface area contributed by atoms with Gasteiger partial charge < -0.3 is 5.73 Å². The van der Waals surface area contributed by atoms with Gasteiger partial charge in [0.05, 0.1) is 10.6 Å². The van der Waals surface area contributed by atoms with E-state index >= 15 is 0 Å². The van der Waals surface area contributed by atoms with Gasteiger partial charge in [-0.2, -0.15) is 0 Å². The minimum Gasteiger partial charge on any atom is -0.351 e. The highest BCUT2D eigenvalue weighted by atomic mass is 32.2. The average molecular weight is 387 g/mol. The second-order valence-electron chi connectivity index (χ2n) is 6.01. The summed E-state index contributed by atoms with van der Waals surface area (Å²) in [5.74, 6) is -0.427. The van der Waals surface area contributed by atoms with Crippen LogP contribution in [0.5, 0.6) is 0 Å². The molecule has 0 bridgehead atoms. The normalized spacial score (nSPS) is 12.3. The third-order valence-electron chi connectivity index (χ3n) is 3.77. The number of imide groups is 1. The molecule has 3 aromatic rings. The number of hydrogen-bond donors (Lipinski definition) is 2. The molecule has 0 fully saturated rings. The second-order valence-corrected chi connectivity index (χ2v) is 8.00. The number of amides is 3. The van der Waals surface area contributed by atoms with E-state index in [1.807, 2.05) is 49.6 Å². The molecule has 0 spiro atoms. The van der Waals surface area contributed by atoms with Gasteiger partial charge in [0.1, 0.15) is 16.2 Å². The Kier molecular flexibility index (Phi) is 5.53. The van der Waals surface area contributed by atoms with E-state index in [9.17, 15) is 9.59 Å². The number of fused-ring (bicyclic) bond motifs is 1. The van der Waals surface area contributed by atoms with Crippen molar-refractivity contribution >= 4 is 45.3 Å². The molecule has 1 atom stereocenters. The monoisotopic (exact) mass is 386 g/mol. The van der Waals surface area contributed by atoms with E-state index in [0.717, 1.165) is 21.3 Å². The van der Waals surface area contributed by atoms with Gasteiger partial charge in [-0.15, -0.1) is 11.3 Å². The lowest BCUT2D eigenvalue weighted by atomic mass is 10.1. The van der Waals surface area contributed by atoms with Crippen molar-refractivity contribution in [2.24, 2.45) is 11.7 Å². The first-order valence-corrected chi connectivity index (χ1v) is 9.78. The Balaban J connectivity index is 2.03. The molecule has 8 heteroatoms. The largest absolute Gasteiger partial charge is 0.351 e. The van der Waals surface area contributed by atoms with Crippen molar-refractivity contribution in [3.63, 3.8) is 0 Å². The van der Waals surface area contributed by atoms with Crippen molar-refractivity contribution in [3.8, 4) is 11.1 Å². The molecule has 26 heavy (non-hydrogen) atoms. The molecule has 0 saturated carbocycles. The van der Waals surface area contributed by atoms with Crippen molar-refractivity contribution in [1.82, 2.24) is 15.3 Å². The van der Waals surface area contributed by atoms with Crippen LogP contribution in [0.2, 0.25) is 0 Å². The predicted octanol–water partition coefficient (Wildman–Crippen LogP) is 3.67. The van der Waals surface area contributed by atoms with Crippen LogP contribution in [-0.4, -0.2) is 27.2 Å². The van der Waals surface area contributed by atoms with E-state index in [1.54, 1.807) is 0 Å². The van der Waals surface area contributed by atoms with Crippen LogP contribution in [0.4, 0.5) is 4.79 Å². The summed E-state index contributed by atoms with van der Waals surface area (Å²) in [6.45, 7) is 3.84. The van der Waals surface area contributed by atoms with Gasteiger partial charge in [0.2, 0.25) is 5.91 Å². The Morgan fingerprint density at radius 3 is 2.58 bits per heavy atom. The van der Waals surface area contributed by atoms with Crippen molar-refractivity contribution in [2.45, 2.75) is 24.1 Å². The summed E-state index contributed by atoms with van der Waals surface area (Å²) in [4.78, 5) is 33.0. The highest BCUT2D eigenvalue weighted by molar-refractivity contribution is 8.00. The summed E-state index contributed by atoms with van der Waals surface area (Å²) < 4.78 is 0. The topological polar surface area (TPSA) is 98.0 Å². The van der Waals surface area contributed by atoms with Crippen LogP contribution in [0.1, 0.15) is 13.8 Å². The fraction of sp³-hybridized carbons (Fsp3) is 0.222. The molecule has 3 amide bonds. The van der Waals surface area contributed by atoms with Crippen LogP contribution < -0.4 is 11.1 Å². The molecule has 134 valence electrons. The first-order valence-electron chi connectivity index (χ1n) is 8.02. The zero-order valence-electron chi connectivity index (χ0n) is 14.3. The Labute approximate surface area is 159 Å². The number of carbonyl (C=O) groups excluding carboxylic acids is 2. The number of hydrogen-bond acceptors (Lipinski definition) is 6. The summed E-state index contributed by atoms with van der Waals surface area (Å²) in [7, 11) is 0. The van der Waals surface area contributed by atoms with Crippen LogP contribution in [0.15, 0.2) is 47.1 Å². The SMILES string of the molecule is CC(C)C(Sc1ncnc2scc(-c3ccccc3)c12)C(=O)NC(N)=O. The predicted molar refractivity (Wildman–Crippen MR) is 105 cm³/mol. The molecule has 0 radical (unpaired) electrons. The second kappa shape index (κ2) is 7.84. The molecule has 0 aliphatic carbocycles. The van der Waals surface area contributed by atoms with Crippen molar-refractivity contribution in [3.05, 3.63) is 42.0 Å². The number of nitrogens with zero attached hydrogens (tertiary/aromatic N) is 2. The van der Waals surface area contributed by atoms with E-state index in [0.29, 0.717) is 5.03 Å². The highest BCUT2D eigenvalue weighted by Crippen LogP contribution is 2.39. The Morgan fingerprint density at radius 1 is 1.19 bits per heavy atom. The molecule has 0 aliphatic rings. The molecular formula is C18H18N4O2S2. The number of benzene rings is 1. The molecule has 3 rings (SSSR count). The minimum atomic E-state index is -0.852. The van der Waals surface area contributed by atoms with Gasteiger partial charge in [-0.3, -0.25) is 10.1 Å². The maximum Gasteiger partial charge on any atom is 0.318 e. The molecule has 1 unspecified atom stereocenters. The summed E-state index contributed by atoms with van der Waals surface area (Å²) >= 11 is 2.86. The average Bonchev–Trinajstić information content (AvgIpc) is 3.04. The molecule has 6 nitrogen and oxygen atoms in total. The van der Waals surface area contributed by atoms with Crippen molar-refractivity contribution < 1.29 is 9.59 Å². The van der Waals surface area contributed by atoms with Crippen LogP contribution in [0.3, 0.4) is 0 Å². The van der Waals surface area contributed by atoms with E-state index in [2.05, 4.69) is 15.3 Å². The maximum atomic E-state index is 12.4. The first kappa shape index (κ1) is 18.3. The van der Waals surface area contributed by atoms with E-state index in [1.165, 1.54) is 29.4 Å². The van der Waals surface area contributed by atoms with E-state index < -0.39 is 17.2 Å². The van der Waals surface area contributed by atoms with Gasteiger partial charge in [0, 0.05) is 10.9 Å². The number of aromatic nitrogens is 2. The third-order valence-corrected chi connectivity index (χ3v) is 6.20. The number of thiophene rings is 1. The summed E-state index contributed by atoms with van der Waals surface area (Å²) in [6, 6.07) is 9.13. The van der Waals surface area contributed by atoms with Gasteiger partial charge >= 0.3 is 6.03 Å². The quantitative estimate of drug-likeness (QED) is 0.515.